The van der Waals surface area contributed by atoms with Crippen LogP contribution in [0.3, 0.4) is 0 Å². The van der Waals surface area contributed by atoms with Crippen LogP contribution in [0.5, 0.6) is 0 Å². The van der Waals surface area contributed by atoms with Gasteiger partial charge in [0.25, 0.3) is 0 Å². The Labute approximate surface area is 862 Å². The molecule has 0 radical (unpaired) electrons. The zero-order valence-corrected chi connectivity index (χ0v) is 90.3. The third kappa shape index (κ3) is 17.3. The summed E-state index contributed by atoms with van der Waals surface area (Å²) in [5.74, 6) is 0. The van der Waals surface area contributed by atoms with Crippen LogP contribution in [0.1, 0.15) is 444 Å². The van der Waals surface area contributed by atoms with Crippen molar-refractivity contribution in [3.8, 4) is 122 Å². The zero-order valence-electron chi connectivity index (χ0n) is 90.3. The molecule has 0 N–H and O–H groups in total. The van der Waals surface area contributed by atoms with Crippen molar-refractivity contribution in [1.82, 2.24) is 0 Å². The van der Waals surface area contributed by atoms with Crippen molar-refractivity contribution >= 4 is 21.5 Å². The van der Waals surface area contributed by atoms with Gasteiger partial charge >= 0.3 is 0 Å². The molecule has 0 aromatic heterocycles. The quantitative estimate of drug-likeness (QED) is 0.0334. The lowest BCUT2D eigenvalue weighted by Gasteiger charge is -2.34. The molecule has 143 heavy (non-hydrogen) atoms. The Kier molecular flexibility index (Phi) is 28.4. The zero-order chi connectivity index (χ0) is 98.6. The summed E-state index contributed by atoms with van der Waals surface area (Å²) in [4.78, 5) is 0. The second-order valence-corrected chi connectivity index (χ2v) is 48.2. The van der Waals surface area contributed by atoms with E-state index in [1.165, 1.54) is 458 Å². The van der Waals surface area contributed by atoms with Crippen molar-refractivity contribution in [2.75, 3.05) is 0 Å². The summed E-state index contributed by atoms with van der Waals surface area (Å²) in [5, 5.41) is 5.47. The van der Waals surface area contributed by atoms with Crippen molar-refractivity contribution in [3.63, 3.8) is 0 Å². The third-order valence-corrected chi connectivity index (χ3v) is 37.9. The van der Waals surface area contributed by atoms with Crippen molar-refractivity contribution in [3.05, 3.63) is 321 Å². The topological polar surface area (TPSA) is 0 Å². The normalized spacial score (nSPS) is 15.8. The van der Waals surface area contributed by atoms with Crippen LogP contribution in [0.4, 0.5) is 0 Å². The van der Waals surface area contributed by atoms with Gasteiger partial charge in [0.15, 0.2) is 0 Å². The van der Waals surface area contributed by atoms with E-state index < -0.39 is 0 Å². The van der Waals surface area contributed by atoms with Gasteiger partial charge in [-0.05, 0) is 333 Å². The largest absolute Gasteiger partial charge is 0.0654 e. The van der Waals surface area contributed by atoms with E-state index in [0.717, 1.165) is 0 Å². The number of rotatable bonds is 46. The molecule has 14 aromatic carbocycles. The molecule has 0 unspecified atom stereocenters. The lowest BCUT2D eigenvalue weighted by atomic mass is 9.69. The molecule has 0 heteroatoms. The smallest absolute Gasteiger partial charge is 0.0215 e. The average Bonchev–Trinajstić information content (AvgIpc) is 1.51. The van der Waals surface area contributed by atoms with E-state index in [1.54, 1.807) is 33.4 Å². The fourth-order valence-electron chi connectivity index (χ4n) is 29.8. The van der Waals surface area contributed by atoms with Crippen LogP contribution < -0.4 is 0 Å². The van der Waals surface area contributed by atoms with Gasteiger partial charge < -0.3 is 0 Å². The fourth-order valence-corrected chi connectivity index (χ4v) is 29.8. The lowest BCUT2D eigenvalue weighted by Crippen LogP contribution is -2.26. The Morgan fingerprint density at radius 2 is 0.336 bits per heavy atom. The highest BCUT2D eigenvalue weighted by molar-refractivity contribution is 6.12. The second kappa shape index (κ2) is 41.1. The Bertz CT molecular complexity index is 6610. The summed E-state index contributed by atoms with van der Waals surface area (Å²) in [7, 11) is 0. The van der Waals surface area contributed by atoms with Gasteiger partial charge in [-0.15, -0.1) is 0 Å². The van der Waals surface area contributed by atoms with Gasteiger partial charge in [-0.2, -0.15) is 0 Å². The Balaban J connectivity index is 0.620. The molecule has 0 heterocycles. The van der Waals surface area contributed by atoms with Crippen LogP contribution in [0, 0.1) is 0 Å². The molecular formula is C143H166. The van der Waals surface area contributed by atoms with Gasteiger partial charge in [-0.25, -0.2) is 0 Å². The van der Waals surface area contributed by atoms with Crippen LogP contribution in [-0.4, -0.2) is 0 Å². The maximum Gasteiger partial charge on any atom is 0.0215 e. The number of hydrogen-bond acceptors (Lipinski definition) is 0. The molecule has 0 saturated heterocycles. The number of benzene rings is 14. The van der Waals surface area contributed by atoms with Crippen LogP contribution in [0.2, 0.25) is 0 Å². The van der Waals surface area contributed by atoms with E-state index >= 15 is 0 Å². The Hall–Kier alpha value is -10.4. The molecule has 21 rings (SSSR count). The number of unbranched alkanes of at least 4 members (excludes halogenated alkanes) is 30. The Morgan fingerprint density at radius 3 is 0.636 bits per heavy atom. The van der Waals surface area contributed by atoms with Crippen LogP contribution >= 0.6 is 0 Å². The minimum Gasteiger partial charge on any atom is -0.0654 e. The molecule has 7 aliphatic rings. The van der Waals surface area contributed by atoms with E-state index in [1.807, 2.05) is 0 Å². The first-order valence-corrected chi connectivity index (χ1v) is 58.3. The lowest BCUT2D eigenvalue weighted by molar-refractivity contribution is 0.398. The molecule has 0 bridgehead atoms. The van der Waals surface area contributed by atoms with E-state index in [4.69, 9.17) is 0 Å². The molecule has 0 amide bonds. The minimum atomic E-state index is -0.280. The molecule has 0 fully saturated rings. The van der Waals surface area contributed by atoms with E-state index in [0.29, 0.717) is 0 Å². The van der Waals surface area contributed by atoms with Crippen LogP contribution in [-0.2, 0) is 37.9 Å². The number of fused-ring (bicyclic) bond motifs is 25. The van der Waals surface area contributed by atoms with Gasteiger partial charge in [0.2, 0.25) is 0 Å². The SMILES string of the molecule is CCCCCCCCC1(CCCCCCCC)c2ccccc2-c2ccc(-c3ccc4c(c3)C(C)(C)c3cc(-c5cc6c(c7ccccc57)-c5cc7c(cc5C6(C)C)-c5cc6c(cc5C7(CCCCCCCC)CCCCCCCC)-c5c(cc(-c7ccc8c(c7)C(C)(C)c7cc(-c9ccc%10c(c9)C(CCCCCCCC)(CCCCCCCC)c9ccccc9-%10)ccc7-8)c7ccccc57)C6(C)C)ccc3-4)cc21. The molecular weight excluding hydrogens is 1720 g/mol. The summed E-state index contributed by atoms with van der Waals surface area (Å²) < 4.78 is 0. The molecule has 0 aliphatic heterocycles. The maximum absolute atomic E-state index is 2.85. The van der Waals surface area contributed by atoms with Gasteiger partial charge in [0.1, 0.15) is 0 Å². The van der Waals surface area contributed by atoms with E-state index in [2.05, 4.69) is 340 Å². The maximum atomic E-state index is 2.85. The highest BCUT2D eigenvalue weighted by Gasteiger charge is 2.51. The predicted octanol–water partition coefficient (Wildman–Crippen LogP) is 43.2. The third-order valence-electron chi connectivity index (χ3n) is 37.9. The van der Waals surface area contributed by atoms with Crippen LogP contribution in [0.25, 0.3) is 144 Å². The first-order chi connectivity index (χ1) is 69.7. The standard InChI is InChI=1S/C143H166/c1-15-21-27-33-39-53-79-141(80-54-40-34-28-22-16-2)121-65-51-49-61-105(121)111-75-69-99(87-129(111)141)97-67-73-107-109-77-71-101(89-125(109)137(7,8)123(107)85-97)115-91-133-135(113-63-47-45-59-103(113)115)119-95-131-117(93-127(119)139(133,11)12)118-94-128-120(96-132(118)143(131,83-57-43-37-31-25-19-5)84-58-44-38-32-26-20-6)136-114-64-48-46-60-104(114)116(92-134(136)140(128,13)14)102-72-78-110-108-74-68-98(86-124(108)138(9,10)126(110)90-102)100-70-76-112-106-62-50-52-66-122(106)142(130(112)88-100,81-55-41-35-29-23-17-3)82-56-42-36-30-24-18-4/h45-52,59-78,85-96H,15-44,53-58,79-84H2,1-14H3. The van der Waals surface area contributed by atoms with Crippen molar-refractivity contribution in [2.45, 2.75) is 405 Å². The van der Waals surface area contributed by atoms with E-state index in [-0.39, 0.29) is 37.9 Å². The predicted molar refractivity (Wildman–Crippen MR) is 620 cm³/mol. The summed E-state index contributed by atoms with van der Waals surface area (Å²) in [6.07, 6.45) is 54.6. The van der Waals surface area contributed by atoms with Gasteiger partial charge in [0, 0.05) is 37.9 Å². The van der Waals surface area contributed by atoms with Gasteiger partial charge in [0.05, 0.1) is 0 Å². The molecule has 7 aliphatic carbocycles. The Morgan fingerprint density at radius 1 is 0.140 bits per heavy atom. The summed E-state index contributed by atoms with van der Waals surface area (Å²) in [6.45, 7) is 34.5. The molecule has 14 aromatic rings. The monoisotopic (exact) mass is 1880 g/mol. The van der Waals surface area contributed by atoms with Gasteiger partial charge in [-0.1, -0.05) is 498 Å². The van der Waals surface area contributed by atoms with Crippen molar-refractivity contribution in [2.24, 2.45) is 0 Å². The molecule has 0 atom stereocenters. The van der Waals surface area contributed by atoms with Gasteiger partial charge in [-0.3, -0.25) is 0 Å². The average molecular weight is 1880 g/mol. The van der Waals surface area contributed by atoms with E-state index in [9.17, 15) is 0 Å². The summed E-state index contributed by atoms with van der Waals surface area (Å²) >= 11 is 0. The van der Waals surface area contributed by atoms with Crippen molar-refractivity contribution in [1.29, 1.82) is 0 Å². The molecule has 738 valence electrons. The second-order valence-electron chi connectivity index (χ2n) is 48.2. The minimum absolute atomic E-state index is 0.0381. The van der Waals surface area contributed by atoms with Crippen molar-refractivity contribution < 1.29 is 0 Å². The fraction of sp³-hybridized carbons (Fsp3) is 0.441. The summed E-state index contributed by atoms with van der Waals surface area (Å²) in [5.41, 5.74) is 51.1. The highest BCUT2D eigenvalue weighted by atomic mass is 14.5. The molecule has 0 spiro atoms. The summed E-state index contributed by atoms with van der Waals surface area (Å²) in [6, 6.07) is 101. The molecule has 0 saturated carbocycles. The van der Waals surface area contributed by atoms with Crippen LogP contribution in [0.15, 0.2) is 243 Å². The molecule has 0 nitrogen and oxygen atoms in total. The highest BCUT2D eigenvalue weighted by Crippen LogP contribution is 2.67. The first kappa shape index (κ1) is 98.6. The first-order valence-electron chi connectivity index (χ1n) is 58.3. The number of hydrogen-bond donors (Lipinski definition) is 0.